The van der Waals surface area contributed by atoms with Crippen LogP contribution in [0.2, 0.25) is 0 Å². The van der Waals surface area contributed by atoms with Crippen molar-refractivity contribution in [3.8, 4) is 0 Å². The number of rotatable bonds is 9. The molecule has 2 heterocycles. The van der Waals surface area contributed by atoms with Crippen LogP contribution in [-0.2, 0) is 32.6 Å². The number of fused-ring (bicyclic) bond motifs is 9. The Morgan fingerprint density at radius 1 is 1.08 bits per heavy atom. The molecule has 256 valence electrons. The number of hydrogen-bond donors (Lipinski definition) is 3. The maximum atomic E-state index is 11.0. The molecule has 1 aromatic heterocycles. The number of aliphatic hydroxyl groups excluding tert-OH is 1. The molecule has 8 rings (SSSR count). The van der Waals surface area contributed by atoms with E-state index < -0.39 is 12.0 Å². The Balaban J connectivity index is 1.24. The van der Waals surface area contributed by atoms with Crippen LogP contribution in [-0.4, -0.2) is 58.8 Å². The van der Waals surface area contributed by atoms with Crippen LogP contribution in [0, 0.1) is 24.2 Å². The van der Waals surface area contributed by atoms with Crippen molar-refractivity contribution in [1.29, 1.82) is 0 Å². The normalized spacial score (nSPS) is 35.7. The predicted molar refractivity (Wildman–Crippen MR) is 190 cm³/mol. The van der Waals surface area contributed by atoms with Gasteiger partial charge >= 0.3 is 0 Å². The van der Waals surface area contributed by atoms with E-state index in [0.717, 1.165) is 49.8 Å². The Labute approximate surface area is 285 Å². The van der Waals surface area contributed by atoms with Crippen molar-refractivity contribution >= 4 is 16.6 Å². The molecule has 0 radical (unpaired) electrons. The smallest absolute Gasteiger partial charge is 0.192 e. The zero-order chi connectivity index (χ0) is 33.4. The third-order valence-electron chi connectivity index (χ3n) is 12.7. The number of aliphatic hydroxyl groups is 1. The van der Waals surface area contributed by atoms with E-state index in [9.17, 15) is 5.11 Å². The van der Waals surface area contributed by atoms with Crippen molar-refractivity contribution in [2.75, 3.05) is 6.61 Å². The van der Waals surface area contributed by atoms with Crippen molar-refractivity contribution in [1.82, 2.24) is 10.3 Å². The standard InChI is InChI=1S/C41H53N3O4/c1-24(2)47-41-18-17-39(5)37(32(41)21-34(26(4)48-41)42-22-27-13-11-25(3)12-14-27)35(46-23-36(45)43-29-15-16-29)20-28-19-31-30-9-7-8-10-33(30)44-38(31)40(28,39)6/h7-14,21,24,26,28-29,35-37,43-45H,15-20,22-23H2,1-6H3/t26?,28?,35?,36?,37?,39?,40-,41?/m1/s1. The highest BCUT2D eigenvalue weighted by Gasteiger charge is 2.69. The van der Waals surface area contributed by atoms with Gasteiger partial charge < -0.3 is 24.3 Å². The lowest BCUT2D eigenvalue weighted by molar-refractivity contribution is -0.277. The number of hydrogen-bond acceptors (Lipinski definition) is 6. The molecule has 3 fully saturated rings. The second-order valence-corrected chi connectivity index (χ2v) is 16.1. The summed E-state index contributed by atoms with van der Waals surface area (Å²) in [6.07, 6.45) is 7.22. The third kappa shape index (κ3) is 5.23. The molecule has 2 aromatic carbocycles. The van der Waals surface area contributed by atoms with Crippen LogP contribution in [0.15, 0.2) is 65.2 Å². The summed E-state index contributed by atoms with van der Waals surface area (Å²) in [4.78, 5) is 9.12. The number of aryl methyl sites for hydroxylation is 1. The summed E-state index contributed by atoms with van der Waals surface area (Å²) in [5.41, 5.74) is 8.36. The first-order chi connectivity index (χ1) is 23.0. The average molecular weight is 652 g/mol. The molecule has 0 amide bonds. The van der Waals surface area contributed by atoms with Crippen molar-refractivity contribution < 1.29 is 19.3 Å². The fourth-order valence-corrected chi connectivity index (χ4v) is 9.98. The highest BCUT2D eigenvalue weighted by Crippen LogP contribution is 2.69. The number of benzene rings is 2. The van der Waals surface area contributed by atoms with Crippen LogP contribution in [0.1, 0.15) is 89.1 Å². The van der Waals surface area contributed by atoms with Crippen molar-refractivity contribution in [3.05, 3.63) is 82.6 Å². The first kappa shape index (κ1) is 32.4. The average Bonchev–Trinajstić information content (AvgIpc) is 3.72. The number of aromatic amines is 1. The minimum Gasteiger partial charge on any atom is -0.376 e. The monoisotopic (exact) mass is 651 g/mol. The summed E-state index contributed by atoms with van der Waals surface area (Å²) in [5.74, 6) is -0.424. The lowest BCUT2D eigenvalue weighted by Gasteiger charge is -2.64. The molecule has 48 heavy (non-hydrogen) atoms. The highest BCUT2D eigenvalue weighted by atomic mass is 16.7. The lowest BCUT2D eigenvalue weighted by Crippen LogP contribution is -2.66. The summed E-state index contributed by atoms with van der Waals surface area (Å²) >= 11 is 0. The Hall–Kier alpha value is -2.81. The molecule has 3 saturated carbocycles. The van der Waals surface area contributed by atoms with Gasteiger partial charge in [-0.15, -0.1) is 0 Å². The quantitative estimate of drug-likeness (QED) is 0.212. The van der Waals surface area contributed by atoms with E-state index in [1.54, 1.807) is 0 Å². The van der Waals surface area contributed by atoms with Gasteiger partial charge in [0.2, 0.25) is 0 Å². The van der Waals surface area contributed by atoms with Gasteiger partial charge in [0.05, 0.1) is 37.2 Å². The highest BCUT2D eigenvalue weighted by molar-refractivity contribution is 6.00. The first-order valence-corrected chi connectivity index (χ1v) is 18.3. The summed E-state index contributed by atoms with van der Waals surface area (Å²) in [6.45, 7) is 14.3. The molecule has 5 aliphatic rings. The van der Waals surface area contributed by atoms with Gasteiger partial charge in [0.25, 0.3) is 0 Å². The zero-order valence-corrected chi connectivity index (χ0v) is 29.5. The minimum atomic E-state index is -0.849. The molecule has 7 heteroatoms. The molecule has 4 aliphatic carbocycles. The van der Waals surface area contributed by atoms with E-state index in [4.69, 9.17) is 19.2 Å². The van der Waals surface area contributed by atoms with E-state index in [0.29, 0.717) is 18.5 Å². The van der Waals surface area contributed by atoms with E-state index >= 15 is 0 Å². The Bertz CT molecular complexity index is 1740. The first-order valence-electron chi connectivity index (χ1n) is 18.3. The van der Waals surface area contributed by atoms with Crippen LogP contribution in [0.5, 0.6) is 0 Å². The number of aromatic nitrogens is 1. The van der Waals surface area contributed by atoms with Crippen molar-refractivity contribution in [2.45, 2.75) is 128 Å². The SMILES string of the molecule is Cc1ccc(CN=C2C=C3C4C(OCC(O)NC5CC5)CC5Cc6c([nH]c7ccccc67)[C@]5(C)C4(C)CCC3(OC(C)C)OC2C)cc1. The number of aliphatic imine (C=N–C) groups is 1. The van der Waals surface area contributed by atoms with Crippen molar-refractivity contribution in [3.63, 3.8) is 0 Å². The van der Waals surface area contributed by atoms with Gasteiger partial charge in [-0.1, -0.05) is 61.9 Å². The predicted octanol–water partition coefficient (Wildman–Crippen LogP) is 7.29. The van der Waals surface area contributed by atoms with Gasteiger partial charge in [0.1, 0.15) is 6.23 Å². The molecular weight excluding hydrogens is 598 g/mol. The molecule has 7 unspecified atom stereocenters. The van der Waals surface area contributed by atoms with Gasteiger partial charge in [0, 0.05) is 40.4 Å². The van der Waals surface area contributed by atoms with Gasteiger partial charge in [-0.25, -0.2) is 0 Å². The largest absolute Gasteiger partial charge is 0.376 e. The van der Waals surface area contributed by atoms with E-state index in [1.807, 2.05) is 0 Å². The molecule has 1 aliphatic heterocycles. The fourth-order valence-electron chi connectivity index (χ4n) is 9.98. The maximum Gasteiger partial charge on any atom is 0.192 e. The fraction of sp³-hybridized carbons (Fsp3) is 0.585. The van der Waals surface area contributed by atoms with Crippen LogP contribution >= 0.6 is 0 Å². The van der Waals surface area contributed by atoms with Gasteiger partial charge in [0.15, 0.2) is 5.79 Å². The number of nitrogens with zero attached hydrogens (tertiary/aromatic N) is 1. The second-order valence-electron chi connectivity index (χ2n) is 16.1. The molecule has 3 N–H and O–H groups in total. The van der Waals surface area contributed by atoms with Crippen molar-refractivity contribution in [2.24, 2.45) is 22.2 Å². The molecule has 0 spiro atoms. The van der Waals surface area contributed by atoms with Crippen LogP contribution in [0.4, 0.5) is 0 Å². The topological polar surface area (TPSA) is 88.1 Å². The number of H-pyrrole nitrogens is 1. The number of para-hydroxylation sites is 1. The molecule has 7 nitrogen and oxygen atoms in total. The Morgan fingerprint density at radius 3 is 2.60 bits per heavy atom. The van der Waals surface area contributed by atoms with Crippen LogP contribution < -0.4 is 5.32 Å². The molecule has 3 aromatic rings. The Morgan fingerprint density at radius 2 is 1.85 bits per heavy atom. The van der Waals surface area contributed by atoms with Gasteiger partial charge in [-0.2, -0.15) is 0 Å². The maximum absolute atomic E-state index is 11.0. The Kier molecular flexibility index (Phi) is 8.04. The number of nitrogens with one attached hydrogen (secondary N) is 2. The van der Waals surface area contributed by atoms with Crippen LogP contribution in [0.25, 0.3) is 10.9 Å². The molecular formula is C41H53N3O4. The molecule has 8 atom stereocenters. The second kappa shape index (κ2) is 11.9. The summed E-state index contributed by atoms with van der Waals surface area (Å²) in [6, 6.07) is 17.8. The third-order valence-corrected chi connectivity index (χ3v) is 12.7. The lowest BCUT2D eigenvalue weighted by atomic mass is 9.43. The molecule has 0 saturated heterocycles. The summed E-state index contributed by atoms with van der Waals surface area (Å²) in [7, 11) is 0. The van der Waals surface area contributed by atoms with E-state index in [1.165, 1.54) is 33.3 Å². The summed E-state index contributed by atoms with van der Waals surface area (Å²) in [5, 5.41) is 15.7. The minimum absolute atomic E-state index is 0.00816. The van der Waals surface area contributed by atoms with Gasteiger partial charge in [-0.05, 0) is 100.0 Å². The summed E-state index contributed by atoms with van der Waals surface area (Å²) < 4.78 is 20.9. The van der Waals surface area contributed by atoms with E-state index in [-0.39, 0.29) is 41.7 Å². The van der Waals surface area contributed by atoms with Crippen LogP contribution in [0.3, 0.4) is 0 Å². The molecule has 0 bridgehead atoms. The van der Waals surface area contributed by atoms with Gasteiger partial charge in [-0.3, -0.25) is 10.3 Å². The number of ether oxygens (including phenoxy) is 3. The zero-order valence-electron chi connectivity index (χ0n) is 29.5. The van der Waals surface area contributed by atoms with E-state index in [2.05, 4.69) is 106 Å².